The molecular weight excluding hydrogens is 286 g/mol. The third-order valence-electron chi connectivity index (χ3n) is 3.14. The van der Waals surface area contributed by atoms with Crippen LogP contribution in [0.2, 0.25) is 0 Å². The summed E-state index contributed by atoms with van der Waals surface area (Å²) >= 11 is 0. The summed E-state index contributed by atoms with van der Waals surface area (Å²) in [6.07, 6.45) is 0. The van der Waals surface area contributed by atoms with Gasteiger partial charge in [-0.2, -0.15) is 0 Å². The van der Waals surface area contributed by atoms with Gasteiger partial charge in [-0.3, -0.25) is 19.7 Å². The van der Waals surface area contributed by atoms with Crippen molar-refractivity contribution in [2.75, 3.05) is 0 Å². The average molecular weight is 295 g/mol. The third-order valence-corrected chi connectivity index (χ3v) is 3.14. The van der Waals surface area contributed by atoms with Gasteiger partial charge in [-0.25, -0.2) is 4.98 Å². The molecule has 108 valence electrons. The van der Waals surface area contributed by atoms with Gasteiger partial charge in [0, 0.05) is 17.7 Å². The molecule has 1 heterocycles. The van der Waals surface area contributed by atoms with E-state index in [1.165, 1.54) is 18.2 Å². The monoisotopic (exact) mass is 295 g/mol. The standard InChI is InChI=1S/C15H9N3O4/c19-14(9-4-2-1-3-5-9)13-15(20)17-11-7-6-10(18(21)22)8-12(11)16-13/h1-8H,(H,17,20). The molecule has 3 aromatic rings. The van der Waals surface area contributed by atoms with E-state index in [0.29, 0.717) is 11.1 Å². The molecule has 0 radical (unpaired) electrons. The Bertz CT molecular complexity index is 948. The Balaban J connectivity index is 2.17. The van der Waals surface area contributed by atoms with Crippen molar-refractivity contribution in [3.05, 3.63) is 80.3 Å². The minimum atomic E-state index is -0.629. The molecule has 0 spiro atoms. The average Bonchev–Trinajstić information content (AvgIpc) is 2.54. The molecule has 0 amide bonds. The number of aromatic amines is 1. The molecule has 0 fully saturated rings. The number of nitrogens with zero attached hydrogens (tertiary/aromatic N) is 2. The lowest BCUT2D eigenvalue weighted by molar-refractivity contribution is -0.384. The van der Waals surface area contributed by atoms with Gasteiger partial charge >= 0.3 is 0 Å². The van der Waals surface area contributed by atoms with Gasteiger partial charge in [0.1, 0.15) is 0 Å². The maximum absolute atomic E-state index is 12.3. The molecule has 0 aliphatic rings. The Morgan fingerprint density at radius 3 is 2.55 bits per heavy atom. The summed E-state index contributed by atoms with van der Waals surface area (Å²) in [6.45, 7) is 0. The number of hydrogen-bond acceptors (Lipinski definition) is 5. The number of nitro benzene ring substituents is 1. The van der Waals surface area contributed by atoms with Crippen molar-refractivity contribution in [2.45, 2.75) is 0 Å². The van der Waals surface area contributed by atoms with Gasteiger partial charge in [0.05, 0.1) is 16.0 Å². The van der Waals surface area contributed by atoms with E-state index in [9.17, 15) is 19.7 Å². The van der Waals surface area contributed by atoms with E-state index >= 15 is 0 Å². The molecule has 0 bridgehead atoms. The van der Waals surface area contributed by atoms with Crippen LogP contribution in [0.4, 0.5) is 5.69 Å². The molecule has 1 aromatic heterocycles. The molecule has 3 rings (SSSR count). The number of ketones is 1. The van der Waals surface area contributed by atoms with Crippen LogP contribution in [0.25, 0.3) is 11.0 Å². The first-order valence-corrected chi connectivity index (χ1v) is 6.34. The third kappa shape index (κ3) is 2.35. The van der Waals surface area contributed by atoms with E-state index in [0.717, 1.165) is 0 Å². The van der Waals surface area contributed by atoms with Crippen LogP contribution >= 0.6 is 0 Å². The Kier molecular flexibility index (Phi) is 3.23. The van der Waals surface area contributed by atoms with Crippen molar-refractivity contribution in [1.82, 2.24) is 9.97 Å². The molecule has 22 heavy (non-hydrogen) atoms. The Morgan fingerprint density at radius 1 is 1.14 bits per heavy atom. The number of fused-ring (bicyclic) bond motifs is 1. The van der Waals surface area contributed by atoms with Crippen LogP contribution < -0.4 is 5.56 Å². The zero-order chi connectivity index (χ0) is 15.7. The topological polar surface area (TPSA) is 106 Å². The van der Waals surface area contributed by atoms with Crippen molar-refractivity contribution < 1.29 is 9.72 Å². The number of rotatable bonds is 3. The second kappa shape index (κ2) is 5.21. The van der Waals surface area contributed by atoms with Crippen molar-refractivity contribution in [2.24, 2.45) is 0 Å². The predicted molar refractivity (Wildman–Crippen MR) is 78.9 cm³/mol. The largest absolute Gasteiger partial charge is 0.319 e. The van der Waals surface area contributed by atoms with Crippen molar-refractivity contribution in [1.29, 1.82) is 0 Å². The first-order chi connectivity index (χ1) is 10.6. The Morgan fingerprint density at radius 2 is 1.86 bits per heavy atom. The van der Waals surface area contributed by atoms with Gasteiger partial charge in [-0.05, 0) is 6.07 Å². The molecule has 0 saturated heterocycles. The van der Waals surface area contributed by atoms with E-state index in [4.69, 9.17) is 0 Å². The summed E-state index contributed by atoms with van der Waals surface area (Å²) in [6, 6.07) is 12.1. The molecule has 0 aliphatic heterocycles. The summed E-state index contributed by atoms with van der Waals surface area (Å²) in [5, 5.41) is 10.8. The predicted octanol–water partition coefficient (Wildman–Crippen LogP) is 2.06. The number of non-ortho nitro benzene ring substituents is 1. The van der Waals surface area contributed by atoms with Gasteiger partial charge in [0.15, 0.2) is 5.69 Å². The van der Waals surface area contributed by atoms with Gasteiger partial charge in [0.2, 0.25) is 5.78 Å². The van der Waals surface area contributed by atoms with Crippen molar-refractivity contribution in [3.63, 3.8) is 0 Å². The van der Waals surface area contributed by atoms with Crippen LogP contribution in [0.5, 0.6) is 0 Å². The second-order valence-corrected chi connectivity index (χ2v) is 4.57. The number of H-pyrrole nitrogens is 1. The first-order valence-electron chi connectivity index (χ1n) is 6.34. The maximum Gasteiger partial charge on any atom is 0.278 e. The number of benzene rings is 2. The fraction of sp³-hybridized carbons (Fsp3) is 0. The van der Waals surface area contributed by atoms with E-state index in [2.05, 4.69) is 9.97 Å². The zero-order valence-electron chi connectivity index (χ0n) is 11.1. The number of aromatic nitrogens is 2. The van der Waals surface area contributed by atoms with E-state index in [1.54, 1.807) is 30.3 Å². The molecule has 2 aromatic carbocycles. The SMILES string of the molecule is O=C(c1ccccc1)c1nc2cc([N+](=O)[O-])ccc2[nH]c1=O. The van der Waals surface area contributed by atoms with Crippen LogP contribution in [0.1, 0.15) is 16.1 Å². The minimum absolute atomic E-state index is 0.162. The summed E-state index contributed by atoms with van der Waals surface area (Å²) in [4.78, 5) is 41.0. The highest BCUT2D eigenvalue weighted by atomic mass is 16.6. The van der Waals surface area contributed by atoms with E-state index < -0.39 is 16.3 Å². The lowest BCUT2D eigenvalue weighted by Gasteiger charge is -2.02. The van der Waals surface area contributed by atoms with Crippen LogP contribution in [-0.4, -0.2) is 20.7 Å². The quantitative estimate of drug-likeness (QED) is 0.452. The van der Waals surface area contributed by atoms with Gasteiger partial charge in [-0.1, -0.05) is 30.3 Å². The Labute approximate surface area is 123 Å². The maximum atomic E-state index is 12.3. The highest BCUT2D eigenvalue weighted by Crippen LogP contribution is 2.17. The molecular formula is C15H9N3O4. The van der Waals surface area contributed by atoms with Gasteiger partial charge in [-0.15, -0.1) is 0 Å². The molecule has 0 atom stereocenters. The number of nitro groups is 1. The van der Waals surface area contributed by atoms with Gasteiger partial charge in [0.25, 0.3) is 11.2 Å². The first kappa shape index (κ1) is 13.6. The van der Waals surface area contributed by atoms with Crippen molar-refractivity contribution in [3.8, 4) is 0 Å². The normalized spacial score (nSPS) is 10.5. The molecule has 7 nitrogen and oxygen atoms in total. The summed E-state index contributed by atoms with van der Waals surface area (Å²) in [5.41, 5.74) is -0.238. The fourth-order valence-corrected chi connectivity index (χ4v) is 2.06. The van der Waals surface area contributed by atoms with Crippen molar-refractivity contribution >= 4 is 22.5 Å². The molecule has 0 saturated carbocycles. The zero-order valence-corrected chi connectivity index (χ0v) is 11.1. The minimum Gasteiger partial charge on any atom is -0.319 e. The van der Waals surface area contributed by atoms with E-state index in [-0.39, 0.29) is 16.9 Å². The lowest BCUT2D eigenvalue weighted by Crippen LogP contribution is -2.20. The second-order valence-electron chi connectivity index (χ2n) is 4.57. The molecule has 0 aliphatic carbocycles. The van der Waals surface area contributed by atoms with E-state index in [1.807, 2.05) is 0 Å². The number of carbonyl (C=O) groups excluding carboxylic acids is 1. The molecule has 0 unspecified atom stereocenters. The van der Waals surface area contributed by atoms with Crippen LogP contribution in [0.3, 0.4) is 0 Å². The van der Waals surface area contributed by atoms with Crippen LogP contribution in [0.15, 0.2) is 53.3 Å². The summed E-state index contributed by atoms with van der Waals surface area (Å²) in [7, 11) is 0. The van der Waals surface area contributed by atoms with Crippen LogP contribution in [-0.2, 0) is 0 Å². The van der Waals surface area contributed by atoms with Gasteiger partial charge < -0.3 is 4.98 Å². The summed E-state index contributed by atoms with van der Waals surface area (Å²) in [5.74, 6) is -0.532. The molecule has 1 N–H and O–H groups in total. The fourth-order valence-electron chi connectivity index (χ4n) is 2.06. The van der Waals surface area contributed by atoms with Crippen LogP contribution in [0, 0.1) is 10.1 Å². The number of hydrogen-bond donors (Lipinski definition) is 1. The number of carbonyl (C=O) groups is 1. The molecule has 7 heteroatoms. The highest BCUT2D eigenvalue weighted by molar-refractivity contribution is 6.08. The lowest BCUT2D eigenvalue weighted by atomic mass is 10.1. The highest BCUT2D eigenvalue weighted by Gasteiger charge is 2.17. The number of nitrogens with one attached hydrogen (secondary N) is 1. The Hall–Kier alpha value is -3.35. The smallest absolute Gasteiger partial charge is 0.278 e. The summed E-state index contributed by atoms with van der Waals surface area (Å²) < 4.78 is 0.